The first-order valence-corrected chi connectivity index (χ1v) is 9.49. The summed E-state index contributed by atoms with van der Waals surface area (Å²) in [6, 6.07) is 15.6. The summed E-state index contributed by atoms with van der Waals surface area (Å²) in [5, 5.41) is 0. The Balaban J connectivity index is 1.70. The SMILES string of the molecule is CCCc1ccc2c(c1)CCc1cc(-c3ccc(C(F)(F)F)c(F)c3)ccc1-2. The monoisotopic (exact) mass is 384 g/mol. The van der Waals surface area contributed by atoms with Crippen molar-refractivity contribution in [3.63, 3.8) is 0 Å². The Labute approximate surface area is 161 Å². The number of halogens is 4. The number of hydrogen-bond acceptors (Lipinski definition) is 0. The van der Waals surface area contributed by atoms with Crippen LogP contribution in [0.2, 0.25) is 0 Å². The Morgan fingerprint density at radius 1 is 0.786 bits per heavy atom. The van der Waals surface area contributed by atoms with Gasteiger partial charge in [-0.15, -0.1) is 0 Å². The van der Waals surface area contributed by atoms with Crippen molar-refractivity contribution in [3.05, 3.63) is 82.7 Å². The van der Waals surface area contributed by atoms with Gasteiger partial charge in [0.25, 0.3) is 0 Å². The van der Waals surface area contributed by atoms with Gasteiger partial charge in [-0.05, 0) is 70.3 Å². The van der Waals surface area contributed by atoms with Gasteiger partial charge in [0.15, 0.2) is 0 Å². The summed E-state index contributed by atoms with van der Waals surface area (Å²) in [5.74, 6) is -1.24. The molecule has 4 rings (SSSR count). The predicted octanol–water partition coefficient (Wildman–Crippen LogP) is 7.23. The molecule has 4 heteroatoms. The minimum atomic E-state index is -4.68. The quantitative estimate of drug-likeness (QED) is 0.418. The average molecular weight is 384 g/mol. The van der Waals surface area contributed by atoms with Gasteiger partial charge < -0.3 is 0 Å². The molecule has 1 aliphatic rings. The normalized spacial score (nSPS) is 13.2. The second-order valence-corrected chi connectivity index (χ2v) is 7.31. The molecule has 0 heterocycles. The standard InChI is InChI=1S/C24H20F4/c1-2-3-15-4-9-20-18(12-15)5-6-19-13-16(7-10-21(19)20)17-8-11-22(23(25)14-17)24(26,27)28/h4,7-14H,2-3,5-6H2,1H3. The van der Waals surface area contributed by atoms with E-state index in [1.165, 1.54) is 22.8 Å². The maximum atomic E-state index is 13.9. The van der Waals surface area contributed by atoms with E-state index in [4.69, 9.17) is 0 Å². The van der Waals surface area contributed by atoms with E-state index in [9.17, 15) is 17.6 Å². The molecule has 0 unspecified atom stereocenters. The summed E-state index contributed by atoms with van der Waals surface area (Å²) in [7, 11) is 0. The van der Waals surface area contributed by atoms with Crippen LogP contribution >= 0.6 is 0 Å². The van der Waals surface area contributed by atoms with Crippen molar-refractivity contribution in [1.29, 1.82) is 0 Å². The molecule has 144 valence electrons. The van der Waals surface area contributed by atoms with Crippen molar-refractivity contribution in [2.75, 3.05) is 0 Å². The molecule has 0 fully saturated rings. The summed E-state index contributed by atoms with van der Waals surface area (Å²) in [6.07, 6.45) is -0.695. The van der Waals surface area contributed by atoms with Crippen molar-refractivity contribution in [2.45, 2.75) is 38.8 Å². The van der Waals surface area contributed by atoms with E-state index in [0.29, 0.717) is 5.56 Å². The van der Waals surface area contributed by atoms with Crippen molar-refractivity contribution in [1.82, 2.24) is 0 Å². The average Bonchev–Trinajstić information content (AvgIpc) is 2.66. The van der Waals surface area contributed by atoms with Crippen LogP contribution in [0.3, 0.4) is 0 Å². The first kappa shape index (κ1) is 18.7. The van der Waals surface area contributed by atoms with Crippen molar-refractivity contribution >= 4 is 0 Å². The van der Waals surface area contributed by atoms with Crippen LogP contribution in [0.1, 0.15) is 35.6 Å². The molecule has 0 saturated heterocycles. The van der Waals surface area contributed by atoms with Crippen molar-refractivity contribution in [2.24, 2.45) is 0 Å². The van der Waals surface area contributed by atoms with Gasteiger partial charge in [0.05, 0.1) is 5.56 Å². The van der Waals surface area contributed by atoms with Crippen molar-refractivity contribution in [3.8, 4) is 22.3 Å². The van der Waals surface area contributed by atoms with E-state index in [1.54, 1.807) is 0 Å². The topological polar surface area (TPSA) is 0 Å². The fraction of sp³-hybridized carbons (Fsp3) is 0.250. The summed E-state index contributed by atoms with van der Waals surface area (Å²) >= 11 is 0. The number of aryl methyl sites for hydroxylation is 3. The molecule has 0 aromatic heterocycles. The fourth-order valence-electron chi connectivity index (χ4n) is 4.00. The Morgan fingerprint density at radius 2 is 1.39 bits per heavy atom. The minimum absolute atomic E-state index is 0.456. The maximum absolute atomic E-state index is 13.9. The summed E-state index contributed by atoms with van der Waals surface area (Å²) < 4.78 is 52.3. The fourth-order valence-corrected chi connectivity index (χ4v) is 4.00. The van der Waals surface area contributed by atoms with Crippen LogP contribution in [0.25, 0.3) is 22.3 Å². The first-order valence-electron chi connectivity index (χ1n) is 9.49. The molecule has 0 amide bonds. The summed E-state index contributed by atoms with van der Waals surface area (Å²) in [4.78, 5) is 0. The number of fused-ring (bicyclic) bond motifs is 3. The van der Waals surface area contributed by atoms with Gasteiger partial charge in [0.2, 0.25) is 0 Å². The molecular formula is C24H20F4. The van der Waals surface area contributed by atoms with Crippen LogP contribution in [0.4, 0.5) is 17.6 Å². The third-order valence-electron chi connectivity index (χ3n) is 5.38. The van der Waals surface area contributed by atoms with E-state index in [1.807, 2.05) is 18.2 Å². The third kappa shape index (κ3) is 3.44. The predicted molar refractivity (Wildman–Crippen MR) is 104 cm³/mol. The number of benzene rings is 3. The molecule has 0 atom stereocenters. The lowest BCUT2D eigenvalue weighted by Crippen LogP contribution is -2.08. The zero-order valence-corrected chi connectivity index (χ0v) is 15.5. The second kappa shape index (κ2) is 7.08. The molecule has 0 saturated carbocycles. The second-order valence-electron chi connectivity index (χ2n) is 7.31. The van der Waals surface area contributed by atoms with Gasteiger partial charge in [0.1, 0.15) is 5.82 Å². The Bertz CT molecular complexity index is 1030. The number of alkyl halides is 3. The smallest absolute Gasteiger partial charge is 0.206 e. The van der Waals surface area contributed by atoms with E-state index in [0.717, 1.165) is 54.5 Å². The lowest BCUT2D eigenvalue weighted by atomic mass is 9.83. The highest BCUT2D eigenvalue weighted by atomic mass is 19.4. The molecule has 3 aromatic rings. The van der Waals surface area contributed by atoms with Gasteiger partial charge in [-0.2, -0.15) is 13.2 Å². The molecule has 1 aliphatic carbocycles. The van der Waals surface area contributed by atoms with E-state index in [-0.39, 0.29) is 0 Å². The van der Waals surface area contributed by atoms with Gasteiger partial charge in [-0.1, -0.05) is 55.8 Å². The van der Waals surface area contributed by atoms with Crippen LogP contribution < -0.4 is 0 Å². The lowest BCUT2D eigenvalue weighted by molar-refractivity contribution is -0.139. The third-order valence-corrected chi connectivity index (χ3v) is 5.38. The van der Waals surface area contributed by atoms with Crippen LogP contribution in [0.5, 0.6) is 0 Å². The van der Waals surface area contributed by atoms with Gasteiger partial charge >= 0.3 is 6.18 Å². The van der Waals surface area contributed by atoms with Crippen LogP contribution in [0, 0.1) is 5.82 Å². The Hall–Kier alpha value is -2.62. The van der Waals surface area contributed by atoms with Crippen LogP contribution in [-0.2, 0) is 25.4 Å². The van der Waals surface area contributed by atoms with Gasteiger partial charge in [-0.25, -0.2) is 4.39 Å². The molecule has 0 spiro atoms. The van der Waals surface area contributed by atoms with E-state index in [2.05, 4.69) is 25.1 Å². The maximum Gasteiger partial charge on any atom is 0.419 e. The Morgan fingerprint density at radius 3 is 2.04 bits per heavy atom. The highest BCUT2D eigenvalue weighted by Gasteiger charge is 2.34. The zero-order valence-electron chi connectivity index (χ0n) is 15.5. The van der Waals surface area contributed by atoms with E-state index >= 15 is 0 Å². The summed E-state index contributed by atoms with van der Waals surface area (Å²) in [6.45, 7) is 2.17. The Kier molecular flexibility index (Phi) is 4.74. The molecule has 0 bridgehead atoms. The lowest BCUT2D eigenvalue weighted by Gasteiger charge is -2.22. The molecule has 0 aliphatic heterocycles. The van der Waals surface area contributed by atoms with E-state index < -0.39 is 17.6 Å². The largest absolute Gasteiger partial charge is 0.419 e. The van der Waals surface area contributed by atoms with Gasteiger partial charge in [-0.3, -0.25) is 0 Å². The first-order chi connectivity index (χ1) is 13.4. The van der Waals surface area contributed by atoms with Crippen molar-refractivity contribution < 1.29 is 17.6 Å². The molecule has 3 aromatic carbocycles. The molecule has 28 heavy (non-hydrogen) atoms. The van der Waals surface area contributed by atoms with Crippen LogP contribution in [-0.4, -0.2) is 0 Å². The minimum Gasteiger partial charge on any atom is -0.206 e. The summed E-state index contributed by atoms with van der Waals surface area (Å²) in [5.41, 5.74) is 6.16. The van der Waals surface area contributed by atoms with Gasteiger partial charge in [0, 0.05) is 0 Å². The highest BCUT2D eigenvalue weighted by Crippen LogP contribution is 2.38. The number of rotatable bonds is 3. The molecular weight excluding hydrogens is 364 g/mol. The highest BCUT2D eigenvalue weighted by molar-refractivity contribution is 5.77. The zero-order chi connectivity index (χ0) is 19.9. The molecule has 0 radical (unpaired) electrons. The number of hydrogen-bond donors (Lipinski definition) is 0. The molecule has 0 nitrogen and oxygen atoms in total. The molecule has 0 N–H and O–H groups in total. The van der Waals surface area contributed by atoms with Crippen LogP contribution in [0.15, 0.2) is 54.6 Å².